The van der Waals surface area contributed by atoms with Gasteiger partial charge in [0, 0.05) is 11.1 Å². The largest absolute Gasteiger partial charge is 0.454 e. The number of nitro groups is 1. The summed E-state index contributed by atoms with van der Waals surface area (Å²) in [5.74, 6) is 1.24. The van der Waals surface area contributed by atoms with Crippen molar-refractivity contribution < 1.29 is 9.66 Å². The van der Waals surface area contributed by atoms with Crippen LogP contribution in [0.4, 0.5) is 5.69 Å². The minimum absolute atomic E-state index is 0.00520. The van der Waals surface area contributed by atoms with Crippen molar-refractivity contribution in [3.63, 3.8) is 0 Å². The summed E-state index contributed by atoms with van der Waals surface area (Å²) in [6.07, 6.45) is 3.04. The van der Waals surface area contributed by atoms with E-state index in [1.807, 2.05) is 24.3 Å². The number of para-hydroxylation sites is 1. The Morgan fingerprint density at radius 3 is 2.81 bits per heavy atom. The number of ether oxygens (including phenoxy) is 1. The summed E-state index contributed by atoms with van der Waals surface area (Å²) in [7, 11) is 0. The number of allylic oxidation sites excluding steroid dienone is 2. The molecule has 0 aliphatic carbocycles. The van der Waals surface area contributed by atoms with Crippen LogP contribution in [0.1, 0.15) is 16.8 Å². The molecular formula is C16H12N2O3. The van der Waals surface area contributed by atoms with Gasteiger partial charge in [-0.3, -0.25) is 10.1 Å². The second-order valence-corrected chi connectivity index (χ2v) is 4.75. The van der Waals surface area contributed by atoms with Crippen LogP contribution in [0.15, 0.2) is 49.2 Å². The van der Waals surface area contributed by atoms with Crippen molar-refractivity contribution in [2.45, 2.75) is 6.92 Å². The topological polar surface area (TPSA) is 65.3 Å². The summed E-state index contributed by atoms with van der Waals surface area (Å²) < 4.78 is 5.81. The van der Waals surface area contributed by atoms with Crippen LogP contribution in [0, 0.1) is 17.0 Å². The highest BCUT2D eigenvalue weighted by Crippen LogP contribution is 2.35. The number of aryl methyl sites for hydroxylation is 1. The minimum Gasteiger partial charge on any atom is -0.454 e. The maximum absolute atomic E-state index is 10.8. The molecule has 0 N–H and O–H groups in total. The first-order chi connectivity index (χ1) is 10.1. The Hall–Kier alpha value is -2.95. The van der Waals surface area contributed by atoms with Gasteiger partial charge in [0.15, 0.2) is 5.76 Å². The predicted molar refractivity (Wildman–Crippen MR) is 79.7 cm³/mol. The fourth-order valence-electron chi connectivity index (χ4n) is 2.21. The third kappa shape index (κ3) is 2.29. The van der Waals surface area contributed by atoms with Gasteiger partial charge in [-0.15, -0.1) is 0 Å². The van der Waals surface area contributed by atoms with Gasteiger partial charge < -0.3 is 4.74 Å². The SMILES string of the molecule is C=C1C=C(c2cc(C)c([N+](=O)[O-])cn2)Oc2ccccc21. The van der Waals surface area contributed by atoms with E-state index in [1.54, 1.807) is 19.1 Å². The van der Waals surface area contributed by atoms with Gasteiger partial charge in [0.2, 0.25) is 0 Å². The third-order valence-corrected chi connectivity index (χ3v) is 3.29. The molecule has 0 atom stereocenters. The summed E-state index contributed by atoms with van der Waals surface area (Å²) in [4.78, 5) is 14.5. The maximum Gasteiger partial charge on any atom is 0.290 e. The van der Waals surface area contributed by atoms with Gasteiger partial charge in [0.25, 0.3) is 5.69 Å². The van der Waals surface area contributed by atoms with Crippen molar-refractivity contribution >= 4 is 17.0 Å². The lowest BCUT2D eigenvalue weighted by atomic mass is 10.0. The Morgan fingerprint density at radius 2 is 2.10 bits per heavy atom. The van der Waals surface area contributed by atoms with Crippen molar-refractivity contribution in [1.82, 2.24) is 4.98 Å². The number of aromatic nitrogens is 1. The standard InChI is InChI=1S/C16H12N2O3/c1-10-8-16(21-15-6-4-3-5-12(10)15)13-7-11(2)14(9-17-13)18(19)20/h3-9H,1H2,2H3. The molecule has 0 radical (unpaired) electrons. The molecule has 0 bridgehead atoms. The highest BCUT2D eigenvalue weighted by molar-refractivity contribution is 5.86. The first kappa shape index (κ1) is 13.1. The number of rotatable bonds is 2. The highest BCUT2D eigenvalue weighted by Gasteiger charge is 2.19. The molecule has 5 nitrogen and oxygen atoms in total. The number of pyridine rings is 1. The molecule has 0 fully saturated rings. The molecule has 0 saturated carbocycles. The zero-order chi connectivity index (χ0) is 15.0. The molecule has 0 spiro atoms. The van der Waals surface area contributed by atoms with E-state index in [-0.39, 0.29) is 5.69 Å². The molecule has 5 heteroatoms. The molecule has 0 amide bonds. The molecule has 0 unspecified atom stereocenters. The van der Waals surface area contributed by atoms with Gasteiger partial charge in [-0.25, -0.2) is 4.98 Å². The van der Waals surface area contributed by atoms with Crippen LogP contribution in [0.3, 0.4) is 0 Å². The number of fused-ring (bicyclic) bond motifs is 1. The quantitative estimate of drug-likeness (QED) is 0.620. The Bertz CT molecular complexity index is 794. The molecular weight excluding hydrogens is 268 g/mol. The monoisotopic (exact) mass is 280 g/mol. The van der Waals surface area contributed by atoms with Gasteiger partial charge in [0.1, 0.15) is 17.6 Å². The lowest BCUT2D eigenvalue weighted by Crippen LogP contribution is -2.05. The van der Waals surface area contributed by atoms with Gasteiger partial charge >= 0.3 is 0 Å². The van der Waals surface area contributed by atoms with Gasteiger partial charge in [-0.1, -0.05) is 24.8 Å². The van der Waals surface area contributed by atoms with Gasteiger partial charge in [-0.2, -0.15) is 0 Å². The van der Waals surface area contributed by atoms with Crippen LogP contribution in [-0.2, 0) is 0 Å². The summed E-state index contributed by atoms with van der Waals surface area (Å²) in [6.45, 7) is 5.68. The summed E-state index contributed by atoms with van der Waals surface area (Å²) >= 11 is 0. The molecule has 1 aromatic carbocycles. The number of nitrogens with zero attached hydrogens (tertiary/aromatic N) is 2. The van der Waals surface area contributed by atoms with E-state index < -0.39 is 4.92 Å². The molecule has 1 aromatic heterocycles. The molecule has 1 aliphatic rings. The van der Waals surface area contributed by atoms with Crippen LogP contribution in [0.5, 0.6) is 5.75 Å². The third-order valence-electron chi connectivity index (χ3n) is 3.29. The van der Waals surface area contributed by atoms with Crippen LogP contribution in [-0.4, -0.2) is 9.91 Å². The number of hydrogen-bond acceptors (Lipinski definition) is 4. The van der Waals surface area contributed by atoms with E-state index in [2.05, 4.69) is 11.6 Å². The van der Waals surface area contributed by atoms with Crippen LogP contribution in [0.2, 0.25) is 0 Å². The number of hydrogen-bond donors (Lipinski definition) is 0. The highest BCUT2D eigenvalue weighted by atomic mass is 16.6. The van der Waals surface area contributed by atoms with Crippen LogP contribution >= 0.6 is 0 Å². The molecule has 21 heavy (non-hydrogen) atoms. The predicted octanol–water partition coefficient (Wildman–Crippen LogP) is 3.74. The van der Waals surface area contributed by atoms with Crippen molar-refractivity contribution in [3.05, 3.63) is 76.1 Å². The Morgan fingerprint density at radius 1 is 1.33 bits per heavy atom. The molecule has 3 rings (SSSR count). The van der Waals surface area contributed by atoms with E-state index >= 15 is 0 Å². The molecule has 1 aliphatic heterocycles. The first-order valence-corrected chi connectivity index (χ1v) is 6.35. The summed E-state index contributed by atoms with van der Waals surface area (Å²) in [5, 5.41) is 10.8. The first-order valence-electron chi connectivity index (χ1n) is 6.35. The molecule has 2 heterocycles. The smallest absolute Gasteiger partial charge is 0.290 e. The Balaban J connectivity index is 2.01. The minimum atomic E-state index is -0.448. The average Bonchev–Trinajstić information content (AvgIpc) is 2.46. The van der Waals surface area contributed by atoms with Crippen molar-refractivity contribution in [2.75, 3.05) is 0 Å². The second-order valence-electron chi connectivity index (χ2n) is 4.75. The zero-order valence-electron chi connectivity index (χ0n) is 11.4. The van der Waals surface area contributed by atoms with Crippen molar-refractivity contribution in [3.8, 4) is 5.75 Å². The van der Waals surface area contributed by atoms with Crippen LogP contribution < -0.4 is 4.74 Å². The van der Waals surface area contributed by atoms with Crippen LogP contribution in [0.25, 0.3) is 11.3 Å². The van der Waals surface area contributed by atoms with E-state index in [0.29, 0.717) is 22.8 Å². The zero-order valence-corrected chi connectivity index (χ0v) is 11.4. The number of benzene rings is 1. The summed E-state index contributed by atoms with van der Waals surface area (Å²) in [6, 6.07) is 9.22. The normalized spacial score (nSPS) is 13.2. The average molecular weight is 280 g/mol. The Kier molecular flexibility index (Phi) is 3.02. The maximum atomic E-state index is 10.8. The molecule has 104 valence electrons. The van der Waals surface area contributed by atoms with Gasteiger partial charge in [0.05, 0.1) is 4.92 Å². The van der Waals surface area contributed by atoms with E-state index in [1.165, 1.54) is 6.20 Å². The Labute approximate surface area is 121 Å². The second kappa shape index (κ2) is 4.86. The van der Waals surface area contributed by atoms with Gasteiger partial charge in [-0.05, 0) is 30.7 Å². The lowest BCUT2D eigenvalue weighted by molar-refractivity contribution is -0.385. The van der Waals surface area contributed by atoms with E-state index in [9.17, 15) is 10.1 Å². The molecule has 0 saturated heterocycles. The molecule has 2 aromatic rings. The summed E-state index contributed by atoms with van der Waals surface area (Å²) in [5.41, 5.74) is 2.84. The van der Waals surface area contributed by atoms with E-state index in [0.717, 1.165) is 11.1 Å². The fourth-order valence-corrected chi connectivity index (χ4v) is 2.21. The fraction of sp³-hybridized carbons (Fsp3) is 0.0625. The van der Waals surface area contributed by atoms with Crippen molar-refractivity contribution in [1.29, 1.82) is 0 Å². The lowest BCUT2D eigenvalue weighted by Gasteiger charge is -2.19. The van der Waals surface area contributed by atoms with E-state index in [4.69, 9.17) is 4.74 Å². The van der Waals surface area contributed by atoms with Crippen molar-refractivity contribution in [2.24, 2.45) is 0 Å².